The van der Waals surface area contributed by atoms with Crippen molar-refractivity contribution in [3.8, 4) is 0 Å². The van der Waals surface area contributed by atoms with Gasteiger partial charge in [-0.05, 0) is 38.1 Å². The maximum absolute atomic E-state index is 13.8. The highest BCUT2D eigenvalue weighted by Crippen LogP contribution is 2.14. The second kappa shape index (κ2) is 6.95. The first-order chi connectivity index (χ1) is 9.97. The Labute approximate surface area is 129 Å². The summed E-state index contributed by atoms with van der Waals surface area (Å²) in [6, 6.07) is 4.57. The number of hydrogen-bond donors (Lipinski definition) is 1. The Morgan fingerprint density at radius 3 is 2.71 bits per heavy atom. The summed E-state index contributed by atoms with van der Waals surface area (Å²) in [6.45, 7) is 2.30. The van der Waals surface area contributed by atoms with Crippen molar-refractivity contribution in [2.45, 2.75) is 19.4 Å². The molecule has 0 atom stereocenters. The van der Waals surface area contributed by atoms with E-state index in [0.29, 0.717) is 17.7 Å². The first kappa shape index (κ1) is 15.9. The molecule has 1 aliphatic heterocycles. The molecular formula is C15H20FN3OS. The number of carbonyl (C=O) groups excluding carboxylic acids is 1. The van der Waals surface area contributed by atoms with E-state index in [1.54, 1.807) is 19.2 Å². The van der Waals surface area contributed by atoms with E-state index in [0.717, 1.165) is 25.9 Å². The molecular weight excluding hydrogens is 289 g/mol. The normalized spacial score (nSPS) is 14.7. The smallest absolute Gasteiger partial charge is 0.236 e. The van der Waals surface area contributed by atoms with Crippen LogP contribution in [0.25, 0.3) is 0 Å². The quantitative estimate of drug-likeness (QED) is 0.838. The van der Waals surface area contributed by atoms with E-state index in [2.05, 4.69) is 0 Å². The topological polar surface area (TPSA) is 49.6 Å². The fourth-order valence-corrected chi connectivity index (χ4v) is 2.62. The van der Waals surface area contributed by atoms with Gasteiger partial charge in [0.15, 0.2) is 0 Å². The average molecular weight is 309 g/mol. The van der Waals surface area contributed by atoms with Gasteiger partial charge in [-0.3, -0.25) is 9.69 Å². The third-order valence-electron chi connectivity index (χ3n) is 3.63. The van der Waals surface area contributed by atoms with Crippen molar-refractivity contribution in [3.63, 3.8) is 0 Å². The van der Waals surface area contributed by atoms with Crippen LogP contribution < -0.4 is 5.73 Å². The number of likely N-dealkylation sites (N-methyl/N-ethyl adjacent to an activating group) is 1. The van der Waals surface area contributed by atoms with Gasteiger partial charge in [0.25, 0.3) is 0 Å². The molecule has 1 fully saturated rings. The van der Waals surface area contributed by atoms with Crippen molar-refractivity contribution in [2.24, 2.45) is 5.73 Å². The van der Waals surface area contributed by atoms with Gasteiger partial charge in [-0.2, -0.15) is 0 Å². The molecule has 0 aromatic heterocycles. The molecule has 1 aromatic carbocycles. The van der Waals surface area contributed by atoms with Crippen molar-refractivity contribution in [3.05, 3.63) is 35.1 Å². The van der Waals surface area contributed by atoms with Crippen LogP contribution in [0.15, 0.2) is 18.2 Å². The number of carbonyl (C=O) groups is 1. The minimum Gasteiger partial charge on any atom is -0.389 e. The van der Waals surface area contributed by atoms with Gasteiger partial charge in [-0.15, -0.1) is 0 Å². The molecule has 0 aliphatic carbocycles. The molecule has 1 aliphatic rings. The summed E-state index contributed by atoms with van der Waals surface area (Å²) in [5.41, 5.74) is 6.70. The number of nitrogens with zero attached hydrogens (tertiary/aromatic N) is 2. The Bertz CT molecular complexity index is 544. The molecule has 2 N–H and O–H groups in total. The van der Waals surface area contributed by atoms with E-state index in [1.807, 2.05) is 9.80 Å². The highest BCUT2D eigenvalue weighted by Gasteiger charge is 2.19. The van der Waals surface area contributed by atoms with Gasteiger partial charge in [0.05, 0.1) is 6.54 Å². The van der Waals surface area contributed by atoms with Gasteiger partial charge < -0.3 is 10.6 Å². The number of hydrogen-bond acceptors (Lipinski definition) is 3. The third kappa shape index (κ3) is 4.22. The molecule has 1 aromatic rings. The van der Waals surface area contributed by atoms with Crippen LogP contribution in [0.2, 0.25) is 0 Å². The monoisotopic (exact) mass is 309 g/mol. The molecule has 0 bridgehead atoms. The molecule has 114 valence electrons. The second-order valence-corrected chi connectivity index (χ2v) is 5.87. The largest absolute Gasteiger partial charge is 0.389 e. The molecule has 1 heterocycles. The zero-order chi connectivity index (χ0) is 15.4. The molecule has 0 spiro atoms. The number of halogens is 1. The van der Waals surface area contributed by atoms with Crippen molar-refractivity contribution in [2.75, 3.05) is 26.7 Å². The molecule has 1 amide bonds. The second-order valence-electron chi connectivity index (χ2n) is 5.43. The Morgan fingerprint density at radius 2 is 2.10 bits per heavy atom. The maximum Gasteiger partial charge on any atom is 0.236 e. The Balaban J connectivity index is 1.98. The zero-order valence-corrected chi connectivity index (χ0v) is 13.0. The van der Waals surface area contributed by atoms with E-state index in [1.165, 1.54) is 6.07 Å². The summed E-state index contributed by atoms with van der Waals surface area (Å²) in [6.07, 6.45) is 2.14. The van der Waals surface area contributed by atoms with Crippen LogP contribution in [0.3, 0.4) is 0 Å². The molecule has 0 radical (unpaired) electrons. The number of rotatable bonds is 5. The number of likely N-dealkylation sites (tertiary alicyclic amines) is 1. The lowest BCUT2D eigenvalue weighted by atomic mass is 10.1. The van der Waals surface area contributed by atoms with Gasteiger partial charge in [0, 0.05) is 30.8 Å². The van der Waals surface area contributed by atoms with Crippen molar-refractivity contribution < 1.29 is 9.18 Å². The van der Waals surface area contributed by atoms with Crippen LogP contribution in [0.1, 0.15) is 24.0 Å². The van der Waals surface area contributed by atoms with Gasteiger partial charge in [-0.1, -0.05) is 12.2 Å². The Morgan fingerprint density at radius 1 is 1.43 bits per heavy atom. The van der Waals surface area contributed by atoms with Crippen LogP contribution in [0.5, 0.6) is 0 Å². The van der Waals surface area contributed by atoms with E-state index in [9.17, 15) is 9.18 Å². The summed E-state index contributed by atoms with van der Waals surface area (Å²) >= 11 is 4.90. The Kier molecular flexibility index (Phi) is 5.25. The number of nitrogens with two attached hydrogens (primary N) is 1. The first-order valence-corrected chi connectivity index (χ1v) is 7.43. The van der Waals surface area contributed by atoms with Crippen LogP contribution in [-0.2, 0) is 11.3 Å². The lowest BCUT2D eigenvalue weighted by molar-refractivity contribution is -0.131. The van der Waals surface area contributed by atoms with E-state index >= 15 is 0 Å². The highest BCUT2D eigenvalue weighted by atomic mass is 32.1. The van der Waals surface area contributed by atoms with Crippen LogP contribution in [-0.4, -0.2) is 47.4 Å². The minimum absolute atomic E-state index is 0.0981. The third-order valence-corrected chi connectivity index (χ3v) is 3.87. The van der Waals surface area contributed by atoms with E-state index in [4.69, 9.17) is 18.0 Å². The predicted octanol–water partition coefficient (Wildman–Crippen LogP) is 1.51. The van der Waals surface area contributed by atoms with E-state index in [-0.39, 0.29) is 23.3 Å². The van der Waals surface area contributed by atoms with E-state index < -0.39 is 0 Å². The van der Waals surface area contributed by atoms with Gasteiger partial charge in [0.1, 0.15) is 10.8 Å². The summed E-state index contributed by atoms with van der Waals surface area (Å²) in [4.78, 5) is 16.0. The fraction of sp³-hybridized carbons (Fsp3) is 0.467. The van der Waals surface area contributed by atoms with Crippen LogP contribution in [0.4, 0.5) is 4.39 Å². The minimum atomic E-state index is -0.310. The summed E-state index contributed by atoms with van der Waals surface area (Å²) in [7, 11) is 1.81. The predicted molar refractivity (Wildman–Crippen MR) is 84.4 cm³/mol. The summed E-state index contributed by atoms with van der Waals surface area (Å²) in [5, 5.41) is 0. The molecule has 21 heavy (non-hydrogen) atoms. The molecule has 0 saturated carbocycles. The van der Waals surface area contributed by atoms with Crippen molar-refractivity contribution in [1.82, 2.24) is 9.80 Å². The Hall–Kier alpha value is -1.53. The first-order valence-electron chi connectivity index (χ1n) is 7.02. The van der Waals surface area contributed by atoms with Gasteiger partial charge in [0.2, 0.25) is 5.91 Å². The average Bonchev–Trinajstić information content (AvgIpc) is 2.95. The number of thiocarbonyl (C=S) groups is 1. The van der Waals surface area contributed by atoms with Crippen molar-refractivity contribution >= 4 is 23.1 Å². The molecule has 1 saturated heterocycles. The van der Waals surface area contributed by atoms with Crippen LogP contribution >= 0.6 is 12.2 Å². The standard InChI is InChI=1S/C15H20FN3OS/c1-18(10-14(20)19-6-2-3-7-19)9-12-8-11(15(17)21)4-5-13(12)16/h4-5,8H,2-3,6-7,9-10H2,1H3,(H2,17,21). The molecule has 2 rings (SSSR count). The van der Waals surface area contributed by atoms with Gasteiger partial charge in [-0.25, -0.2) is 4.39 Å². The maximum atomic E-state index is 13.8. The molecule has 0 unspecified atom stereocenters. The molecule has 6 heteroatoms. The lowest BCUT2D eigenvalue weighted by Gasteiger charge is -2.21. The summed E-state index contributed by atoms with van der Waals surface area (Å²) < 4.78 is 13.8. The summed E-state index contributed by atoms with van der Waals surface area (Å²) in [5.74, 6) is -0.212. The van der Waals surface area contributed by atoms with Crippen LogP contribution in [0, 0.1) is 5.82 Å². The van der Waals surface area contributed by atoms with Crippen molar-refractivity contribution in [1.29, 1.82) is 0 Å². The number of benzene rings is 1. The zero-order valence-electron chi connectivity index (χ0n) is 12.1. The molecule has 4 nitrogen and oxygen atoms in total. The number of amides is 1. The lowest BCUT2D eigenvalue weighted by Crippen LogP contribution is -2.37. The fourth-order valence-electron chi connectivity index (χ4n) is 2.49. The highest BCUT2D eigenvalue weighted by molar-refractivity contribution is 7.80. The SMILES string of the molecule is CN(CC(=O)N1CCCC1)Cc1cc(C(N)=S)ccc1F. The van der Waals surface area contributed by atoms with Gasteiger partial charge >= 0.3 is 0 Å².